The highest BCUT2D eigenvalue weighted by Gasteiger charge is 2.24. The molecule has 0 spiro atoms. The van der Waals surface area contributed by atoms with Gasteiger partial charge in [-0.15, -0.1) is 22.7 Å². The Labute approximate surface area is 335 Å². The third kappa shape index (κ3) is 5.74. The van der Waals surface area contributed by atoms with Gasteiger partial charge in [-0.1, -0.05) is 83.1 Å². The number of thiophene rings is 2. The van der Waals surface area contributed by atoms with Crippen molar-refractivity contribution in [2.45, 2.75) is 105 Å². The van der Waals surface area contributed by atoms with Crippen LogP contribution in [-0.4, -0.2) is 9.97 Å². The van der Waals surface area contributed by atoms with E-state index in [4.69, 9.17) is 0 Å². The topological polar surface area (TPSA) is 65.7 Å². The van der Waals surface area contributed by atoms with E-state index in [0.29, 0.717) is 21.5 Å². The van der Waals surface area contributed by atoms with Crippen molar-refractivity contribution in [3.63, 3.8) is 0 Å². The van der Waals surface area contributed by atoms with Crippen molar-refractivity contribution in [3.8, 4) is 0 Å². The Hall–Kier alpha value is -4.78. The van der Waals surface area contributed by atoms with Gasteiger partial charge in [-0.25, -0.2) is 0 Å². The average Bonchev–Trinajstić information content (AvgIpc) is 3.80. The lowest BCUT2D eigenvalue weighted by Crippen LogP contribution is -2.15. The Morgan fingerprint density at radius 3 is 0.732 bits per heavy atom. The molecule has 6 heteroatoms. The molecule has 0 aliphatic heterocycles. The molecule has 0 atom stereocenters. The van der Waals surface area contributed by atoms with Crippen LogP contribution in [0.2, 0.25) is 0 Å². The Bertz CT molecular complexity index is 2890. The van der Waals surface area contributed by atoms with Crippen LogP contribution in [0.4, 0.5) is 0 Å². The Morgan fingerprint density at radius 1 is 0.339 bits per heavy atom. The molecule has 0 radical (unpaired) electrons. The summed E-state index contributed by atoms with van der Waals surface area (Å²) in [6.07, 6.45) is 0. The van der Waals surface area contributed by atoms with Crippen LogP contribution in [0.1, 0.15) is 105 Å². The molecule has 4 nitrogen and oxygen atoms in total. The molecule has 0 saturated carbocycles. The molecule has 9 aromatic rings. The number of hydrogen-bond donors (Lipinski definition) is 2. The van der Waals surface area contributed by atoms with E-state index in [1.807, 2.05) is 0 Å². The predicted octanol–water partition coefficient (Wildman–Crippen LogP) is 14.2. The summed E-state index contributed by atoms with van der Waals surface area (Å²) in [4.78, 5) is 37.8. The smallest absolute Gasteiger partial charge is 0.197 e. The summed E-state index contributed by atoms with van der Waals surface area (Å²) >= 11 is 3.42. The van der Waals surface area contributed by atoms with Crippen molar-refractivity contribution in [2.24, 2.45) is 0 Å². The summed E-state index contributed by atoms with van der Waals surface area (Å²) in [7, 11) is 0. The highest BCUT2D eigenvalue weighted by molar-refractivity contribution is 7.25. The first-order valence-electron chi connectivity index (χ1n) is 19.7. The number of H-pyrrole nitrogens is 2. The van der Waals surface area contributed by atoms with E-state index in [1.165, 1.54) is 0 Å². The number of rotatable bonds is 0. The molecular weight excluding hydrogens is 725 g/mol. The van der Waals surface area contributed by atoms with Crippen molar-refractivity contribution in [1.29, 1.82) is 0 Å². The molecule has 56 heavy (non-hydrogen) atoms. The summed E-state index contributed by atoms with van der Waals surface area (Å²) in [5.41, 5.74) is 7.21. The van der Waals surface area contributed by atoms with Gasteiger partial charge in [0, 0.05) is 61.9 Å². The van der Waals surface area contributed by atoms with E-state index in [9.17, 15) is 0 Å². The fraction of sp³-hybridized carbons (Fsp3) is 0.320. The van der Waals surface area contributed by atoms with E-state index in [1.54, 1.807) is 22.7 Å². The molecule has 284 valence electrons. The van der Waals surface area contributed by atoms with Gasteiger partial charge >= 0.3 is 0 Å². The summed E-state index contributed by atoms with van der Waals surface area (Å²) in [5, 5.41) is 6.87. The number of pyridine rings is 2. The minimum atomic E-state index is -0.185. The third-order valence-electron chi connectivity index (χ3n) is 11.8. The maximum absolute atomic E-state index is 15.0. The Kier molecular flexibility index (Phi) is 7.81. The first-order valence-corrected chi connectivity index (χ1v) is 21.3. The molecule has 0 saturated heterocycles. The number of aromatic amines is 2. The van der Waals surface area contributed by atoms with Crippen LogP contribution in [0.5, 0.6) is 0 Å². The van der Waals surface area contributed by atoms with Gasteiger partial charge in [-0.05, 0) is 117 Å². The number of benzene rings is 4. The highest BCUT2D eigenvalue weighted by Crippen LogP contribution is 2.41. The highest BCUT2D eigenvalue weighted by atomic mass is 32.1. The average molecular weight is 775 g/mol. The Morgan fingerprint density at radius 2 is 0.536 bits per heavy atom. The minimum absolute atomic E-state index is 0.0508. The fourth-order valence-corrected chi connectivity index (χ4v) is 10.2. The molecule has 0 fully saturated rings. The van der Waals surface area contributed by atoms with Crippen LogP contribution in [0.15, 0.2) is 82.4 Å². The summed E-state index contributed by atoms with van der Waals surface area (Å²) in [6.45, 7) is 26.5. The number of nitrogens with one attached hydrogen (secondary N) is 2. The van der Waals surface area contributed by atoms with E-state index in [2.05, 4.69) is 166 Å². The predicted molar refractivity (Wildman–Crippen MR) is 247 cm³/mol. The van der Waals surface area contributed by atoms with Crippen molar-refractivity contribution in [3.05, 3.63) is 115 Å². The first kappa shape index (κ1) is 36.8. The fourth-order valence-electron chi connectivity index (χ4n) is 8.13. The second-order valence-corrected chi connectivity index (χ2v) is 22.2. The molecule has 9 rings (SSSR count). The van der Waals surface area contributed by atoms with E-state index >= 15 is 9.59 Å². The van der Waals surface area contributed by atoms with Crippen LogP contribution in [0.3, 0.4) is 0 Å². The molecule has 8 bridgehead atoms. The molecule has 0 aliphatic carbocycles. The van der Waals surface area contributed by atoms with Crippen molar-refractivity contribution in [2.75, 3.05) is 0 Å². The van der Waals surface area contributed by atoms with Gasteiger partial charge in [0.15, 0.2) is 10.9 Å². The number of hydrogen-bond acceptors (Lipinski definition) is 4. The monoisotopic (exact) mass is 774 g/mol. The van der Waals surface area contributed by atoms with Gasteiger partial charge in [-0.2, -0.15) is 0 Å². The molecule has 0 amide bonds. The number of aromatic nitrogens is 2. The van der Waals surface area contributed by atoms with Crippen LogP contribution in [0.25, 0.3) is 84.0 Å². The minimum Gasteiger partial charge on any atom is -0.353 e. The SMILES string of the molecule is CC(C)(C)c1cc2c(=O)c3cc(C(C)(C)C)cc4c5ccc(s5)c5cc(C(C)(C)C)cc6c(=O)c7cc(C(C)(C)C)cc(c8ccc(s8)c(c1)c2[nH]c34)c7[nH]c65. The second-order valence-electron chi connectivity index (χ2n) is 20.0. The standard InChI is InChI=1S/C50H50N2O2S2/c1-47(2,3)25-17-29-37-13-14-38(55-37)30-19-27(49(7,8)9)23-35-43(30)52-44-32(20-28(50(10,11)12)24-36(44)46(35)54)40-16-15-39(56-40)31-18-26(48(4,5)6)22-34-42(31)51-41(29)33(21-25)45(34)53/h13-24H,1-12H3,(H,51,53)(H,52,54). The third-order valence-corrected chi connectivity index (χ3v) is 14.1. The van der Waals surface area contributed by atoms with Crippen LogP contribution < -0.4 is 10.9 Å². The van der Waals surface area contributed by atoms with Crippen molar-refractivity contribution < 1.29 is 0 Å². The van der Waals surface area contributed by atoms with Crippen LogP contribution >= 0.6 is 22.7 Å². The van der Waals surface area contributed by atoms with Gasteiger partial charge in [0.1, 0.15) is 0 Å². The number of fused-ring (bicyclic) bond motifs is 8. The molecule has 2 N–H and O–H groups in total. The molecule has 0 unspecified atom stereocenters. The molecule has 0 aliphatic rings. The van der Waals surface area contributed by atoms with Crippen molar-refractivity contribution in [1.82, 2.24) is 9.97 Å². The molecule has 4 aromatic carbocycles. The second kappa shape index (κ2) is 11.9. The largest absolute Gasteiger partial charge is 0.353 e. The maximum atomic E-state index is 15.0. The summed E-state index contributed by atoms with van der Waals surface area (Å²) < 4.78 is 4.27. The zero-order valence-corrected chi connectivity index (χ0v) is 36.2. The quantitative estimate of drug-likeness (QED) is 0.151. The van der Waals surface area contributed by atoms with E-state index in [0.717, 1.165) is 84.7 Å². The van der Waals surface area contributed by atoms with Gasteiger partial charge in [0.05, 0.1) is 22.1 Å². The normalized spacial score (nSPS) is 13.5. The van der Waals surface area contributed by atoms with E-state index < -0.39 is 0 Å². The van der Waals surface area contributed by atoms with Gasteiger partial charge in [-0.3, -0.25) is 9.59 Å². The van der Waals surface area contributed by atoms with Gasteiger partial charge in [0.25, 0.3) is 0 Å². The van der Waals surface area contributed by atoms with Crippen molar-refractivity contribution >= 4 is 107 Å². The zero-order chi connectivity index (χ0) is 40.0. The lowest BCUT2D eigenvalue weighted by atomic mass is 9.84. The molecular formula is C50H50N2O2S2. The zero-order valence-electron chi connectivity index (χ0n) is 34.6. The molecule has 5 aromatic heterocycles. The van der Waals surface area contributed by atoms with E-state index in [-0.39, 0.29) is 32.5 Å². The summed E-state index contributed by atoms with van der Waals surface area (Å²) in [6, 6.07) is 26.3. The first-order chi connectivity index (χ1) is 26.1. The van der Waals surface area contributed by atoms with Crippen LogP contribution in [-0.2, 0) is 21.7 Å². The maximum Gasteiger partial charge on any atom is 0.197 e. The van der Waals surface area contributed by atoms with Gasteiger partial charge in [0.2, 0.25) is 0 Å². The Balaban J connectivity index is 1.63. The lowest BCUT2D eigenvalue weighted by molar-refractivity contribution is 0.591. The summed E-state index contributed by atoms with van der Waals surface area (Å²) in [5.74, 6) is 0. The lowest BCUT2D eigenvalue weighted by Gasteiger charge is -2.22. The van der Waals surface area contributed by atoms with Gasteiger partial charge < -0.3 is 9.97 Å². The molecule has 5 heterocycles. The van der Waals surface area contributed by atoms with Crippen LogP contribution in [0, 0.1) is 0 Å².